The summed E-state index contributed by atoms with van der Waals surface area (Å²) in [6, 6.07) is 14.6. The molecule has 0 bridgehead atoms. The van der Waals surface area contributed by atoms with Crippen LogP contribution in [0, 0.1) is 5.82 Å². The minimum absolute atomic E-state index is 0.0362. The van der Waals surface area contributed by atoms with E-state index in [1.807, 2.05) is 13.0 Å². The molecule has 3 aromatic rings. The number of hydrogen-bond acceptors (Lipinski definition) is 4. The van der Waals surface area contributed by atoms with E-state index in [4.69, 9.17) is 26.2 Å². The Morgan fingerprint density at radius 2 is 1.84 bits per heavy atom. The largest absolute Gasteiger partial charge is 0.490 e. The molecule has 31 heavy (non-hydrogen) atoms. The maximum absolute atomic E-state index is 14.0. The third-order valence-corrected chi connectivity index (χ3v) is 5.55. The lowest BCUT2D eigenvalue weighted by molar-refractivity contribution is 0.0697. The maximum Gasteiger partial charge on any atom is 0.335 e. The summed E-state index contributed by atoms with van der Waals surface area (Å²) >= 11 is 9.62. The standard InChI is InChI=1S/C23H20BrClFNO4/c1-2-30-21-10-15(12-27-16-8-6-14(7-9-16)23(28)29)18(24)11-22(21)31-13-17-19(25)4-3-5-20(17)26/h3-11,27H,2,12-13H2,1H3,(H,28,29). The van der Waals surface area contributed by atoms with Crippen LogP contribution in [0.5, 0.6) is 11.5 Å². The Morgan fingerprint density at radius 3 is 2.48 bits per heavy atom. The second-order valence-corrected chi connectivity index (χ2v) is 7.81. The predicted octanol–water partition coefficient (Wildman–Crippen LogP) is 6.53. The lowest BCUT2D eigenvalue weighted by Gasteiger charge is -2.16. The molecule has 162 valence electrons. The molecule has 0 radical (unpaired) electrons. The van der Waals surface area contributed by atoms with Gasteiger partial charge in [-0.15, -0.1) is 0 Å². The molecule has 3 aromatic carbocycles. The van der Waals surface area contributed by atoms with Crippen molar-refractivity contribution in [2.45, 2.75) is 20.1 Å². The fraction of sp³-hybridized carbons (Fsp3) is 0.174. The molecular weight excluding hydrogens is 489 g/mol. The van der Waals surface area contributed by atoms with Crippen molar-refractivity contribution in [1.29, 1.82) is 0 Å². The van der Waals surface area contributed by atoms with Crippen LogP contribution < -0.4 is 14.8 Å². The molecular formula is C23H20BrClFNO4. The first-order chi connectivity index (χ1) is 14.9. The summed E-state index contributed by atoms with van der Waals surface area (Å²) in [5.74, 6) is -0.416. The highest BCUT2D eigenvalue weighted by molar-refractivity contribution is 9.10. The van der Waals surface area contributed by atoms with Gasteiger partial charge >= 0.3 is 5.97 Å². The van der Waals surface area contributed by atoms with E-state index >= 15 is 0 Å². The fourth-order valence-corrected chi connectivity index (χ4v) is 3.52. The molecule has 0 heterocycles. The van der Waals surface area contributed by atoms with Gasteiger partial charge in [0.2, 0.25) is 0 Å². The summed E-state index contributed by atoms with van der Waals surface area (Å²) in [6.07, 6.45) is 0. The van der Waals surface area contributed by atoms with Crippen LogP contribution >= 0.6 is 27.5 Å². The molecule has 0 saturated heterocycles. The second-order valence-electron chi connectivity index (χ2n) is 6.55. The number of hydrogen-bond donors (Lipinski definition) is 2. The van der Waals surface area contributed by atoms with Crippen molar-refractivity contribution in [1.82, 2.24) is 0 Å². The van der Waals surface area contributed by atoms with Crippen molar-refractivity contribution in [3.8, 4) is 11.5 Å². The molecule has 0 aromatic heterocycles. The van der Waals surface area contributed by atoms with Crippen LogP contribution in [0.25, 0.3) is 0 Å². The third kappa shape index (κ3) is 5.89. The molecule has 2 N–H and O–H groups in total. The topological polar surface area (TPSA) is 67.8 Å². The fourth-order valence-electron chi connectivity index (χ4n) is 2.84. The Bertz CT molecular complexity index is 1060. The summed E-state index contributed by atoms with van der Waals surface area (Å²) in [4.78, 5) is 11.0. The molecule has 5 nitrogen and oxygen atoms in total. The van der Waals surface area contributed by atoms with Crippen LogP contribution in [-0.4, -0.2) is 17.7 Å². The summed E-state index contributed by atoms with van der Waals surface area (Å²) < 4.78 is 26.3. The number of halogens is 3. The number of anilines is 1. The molecule has 0 aliphatic heterocycles. The highest BCUT2D eigenvalue weighted by Crippen LogP contribution is 2.35. The van der Waals surface area contributed by atoms with E-state index in [1.165, 1.54) is 18.2 Å². The van der Waals surface area contributed by atoms with Crippen LogP contribution in [0.15, 0.2) is 59.1 Å². The van der Waals surface area contributed by atoms with Crippen LogP contribution in [0.3, 0.4) is 0 Å². The zero-order valence-electron chi connectivity index (χ0n) is 16.6. The van der Waals surface area contributed by atoms with Crippen molar-refractivity contribution in [3.05, 3.63) is 86.6 Å². The molecule has 0 spiro atoms. The average molecular weight is 509 g/mol. The molecule has 0 aliphatic carbocycles. The third-order valence-electron chi connectivity index (χ3n) is 4.46. The summed E-state index contributed by atoms with van der Waals surface area (Å²) in [5.41, 5.74) is 2.19. The van der Waals surface area contributed by atoms with E-state index in [-0.39, 0.29) is 17.7 Å². The first-order valence-corrected chi connectivity index (χ1v) is 10.6. The number of carboxylic acids is 1. The molecule has 0 amide bonds. The van der Waals surface area contributed by atoms with Gasteiger partial charge in [0.1, 0.15) is 12.4 Å². The van der Waals surface area contributed by atoms with Gasteiger partial charge in [-0.25, -0.2) is 9.18 Å². The molecule has 8 heteroatoms. The van der Waals surface area contributed by atoms with Crippen LogP contribution in [0.4, 0.5) is 10.1 Å². The first kappa shape index (κ1) is 22.9. The minimum Gasteiger partial charge on any atom is -0.490 e. The predicted molar refractivity (Wildman–Crippen MR) is 122 cm³/mol. The van der Waals surface area contributed by atoms with Crippen molar-refractivity contribution < 1.29 is 23.8 Å². The lowest BCUT2D eigenvalue weighted by atomic mass is 10.1. The van der Waals surface area contributed by atoms with Crippen LogP contribution in [0.2, 0.25) is 5.02 Å². The summed E-state index contributed by atoms with van der Waals surface area (Å²) in [7, 11) is 0. The lowest BCUT2D eigenvalue weighted by Crippen LogP contribution is -2.05. The number of benzene rings is 3. The van der Waals surface area contributed by atoms with Gasteiger partial charge in [0.05, 0.1) is 17.2 Å². The number of aromatic carboxylic acids is 1. The number of carboxylic acid groups (broad SMARTS) is 1. The Balaban J connectivity index is 1.75. The maximum atomic E-state index is 14.0. The van der Waals surface area contributed by atoms with Gasteiger partial charge in [0.25, 0.3) is 0 Å². The first-order valence-electron chi connectivity index (χ1n) is 9.47. The number of nitrogens with one attached hydrogen (secondary N) is 1. The molecule has 0 saturated carbocycles. The van der Waals surface area contributed by atoms with E-state index in [0.717, 1.165) is 15.7 Å². The smallest absolute Gasteiger partial charge is 0.335 e. The van der Waals surface area contributed by atoms with E-state index < -0.39 is 11.8 Å². The molecule has 0 unspecified atom stereocenters. The quantitative estimate of drug-likeness (QED) is 0.344. The number of rotatable bonds is 9. The molecule has 3 rings (SSSR count). The molecule has 0 atom stereocenters. The van der Waals surface area contributed by atoms with E-state index in [0.29, 0.717) is 29.7 Å². The van der Waals surface area contributed by atoms with Gasteiger partial charge in [0, 0.05) is 22.3 Å². The monoisotopic (exact) mass is 507 g/mol. The minimum atomic E-state index is -0.970. The summed E-state index contributed by atoms with van der Waals surface area (Å²) in [5, 5.41) is 12.5. The van der Waals surface area contributed by atoms with E-state index in [1.54, 1.807) is 30.3 Å². The van der Waals surface area contributed by atoms with E-state index in [9.17, 15) is 9.18 Å². The van der Waals surface area contributed by atoms with Crippen molar-refractivity contribution in [2.75, 3.05) is 11.9 Å². The van der Waals surface area contributed by atoms with Crippen LogP contribution in [-0.2, 0) is 13.2 Å². The van der Waals surface area contributed by atoms with Gasteiger partial charge in [0.15, 0.2) is 11.5 Å². The van der Waals surface area contributed by atoms with Crippen molar-refractivity contribution in [2.24, 2.45) is 0 Å². The van der Waals surface area contributed by atoms with Gasteiger partial charge in [-0.2, -0.15) is 0 Å². The second kappa shape index (κ2) is 10.5. The van der Waals surface area contributed by atoms with Crippen LogP contribution in [0.1, 0.15) is 28.4 Å². The number of carbonyl (C=O) groups is 1. The van der Waals surface area contributed by atoms with Gasteiger partial charge in [-0.1, -0.05) is 33.6 Å². The Kier molecular flexibility index (Phi) is 7.76. The SMILES string of the molecule is CCOc1cc(CNc2ccc(C(=O)O)cc2)c(Br)cc1OCc1c(F)cccc1Cl. The Hall–Kier alpha value is -2.77. The van der Waals surface area contributed by atoms with E-state index in [2.05, 4.69) is 21.2 Å². The molecule has 0 aliphatic rings. The van der Waals surface area contributed by atoms with Gasteiger partial charge < -0.3 is 19.9 Å². The van der Waals surface area contributed by atoms with Crippen molar-refractivity contribution in [3.63, 3.8) is 0 Å². The van der Waals surface area contributed by atoms with Crippen molar-refractivity contribution >= 4 is 39.2 Å². The highest BCUT2D eigenvalue weighted by atomic mass is 79.9. The number of ether oxygens (including phenoxy) is 2. The normalized spacial score (nSPS) is 10.6. The molecule has 0 fully saturated rings. The summed E-state index contributed by atoms with van der Waals surface area (Å²) in [6.45, 7) is 2.72. The Labute approximate surface area is 192 Å². The van der Waals surface area contributed by atoms with Gasteiger partial charge in [-0.05, 0) is 61.0 Å². The zero-order valence-corrected chi connectivity index (χ0v) is 19.0. The van der Waals surface area contributed by atoms with Gasteiger partial charge in [-0.3, -0.25) is 0 Å². The highest BCUT2D eigenvalue weighted by Gasteiger charge is 2.14. The average Bonchev–Trinajstić information content (AvgIpc) is 2.74. The Morgan fingerprint density at radius 1 is 1.13 bits per heavy atom. The zero-order chi connectivity index (χ0) is 22.4.